The smallest absolute Gasteiger partial charge is 0.261 e. The zero-order valence-corrected chi connectivity index (χ0v) is 13.5. The number of fused-ring (bicyclic) bond motifs is 1. The van der Waals surface area contributed by atoms with Crippen molar-refractivity contribution >= 4 is 39.9 Å². The first kappa shape index (κ1) is 16.3. The molecule has 3 rings (SSSR count). The second kappa shape index (κ2) is 6.14. The van der Waals surface area contributed by atoms with Gasteiger partial charge in [0.2, 0.25) is 0 Å². The van der Waals surface area contributed by atoms with Gasteiger partial charge in [-0.25, -0.2) is 4.98 Å². The van der Waals surface area contributed by atoms with Crippen molar-refractivity contribution in [1.82, 2.24) is 9.55 Å². The Morgan fingerprint density at radius 1 is 1.17 bits per heavy atom. The summed E-state index contributed by atoms with van der Waals surface area (Å²) in [7, 11) is 0. The van der Waals surface area contributed by atoms with E-state index in [1.807, 2.05) is 0 Å². The highest BCUT2D eigenvalue weighted by molar-refractivity contribution is 6.38. The number of carbonyl (C=O) groups is 1. The largest absolute Gasteiger partial charge is 0.508 e. The summed E-state index contributed by atoms with van der Waals surface area (Å²) < 4.78 is 1.10. The molecular formula is C16H10Cl2N2O4. The number of phenolic OH excluding ortho intramolecular Hbond substituents is 2. The SMILES string of the molecule is O=C(Cn1cnc2c(Cl)cc(Cl)cc2c1=O)c1ccc(O)cc1O. The summed E-state index contributed by atoms with van der Waals surface area (Å²) in [6.07, 6.45) is 1.21. The van der Waals surface area contributed by atoms with E-state index in [4.69, 9.17) is 23.2 Å². The third-order valence-electron chi connectivity index (χ3n) is 3.44. The van der Waals surface area contributed by atoms with Crippen LogP contribution in [0.3, 0.4) is 0 Å². The first-order chi connectivity index (χ1) is 11.4. The molecule has 24 heavy (non-hydrogen) atoms. The molecule has 0 saturated carbocycles. The molecule has 0 aliphatic carbocycles. The molecule has 0 saturated heterocycles. The molecule has 0 unspecified atom stereocenters. The molecule has 0 aliphatic rings. The summed E-state index contributed by atoms with van der Waals surface area (Å²) in [5, 5.41) is 19.7. The topological polar surface area (TPSA) is 92.4 Å². The molecule has 0 amide bonds. The number of aromatic hydroxyl groups is 2. The fraction of sp³-hybridized carbons (Fsp3) is 0.0625. The van der Waals surface area contributed by atoms with Crippen LogP contribution in [0, 0.1) is 0 Å². The molecule has 0 radical (unpaired) electrons. The van der Waals surface area contributed by atoms with Crippen molar-refractivity contribution in [2.75, 3.05) is 0 Å². The number of halogens is 2. The van der Waals surface area contributed by atoms with E-state index in [1.54, 1.807) is 0 Å². The number of benzene rings is 2. The Morgan fingerprint density at radius 3 is 2.62 bits per heavy atom. The highest BCUT2D eigenvalue weighted by atomic mass is 35.5. The zero-order valence-electron chi connectivity index (χ0n) is 12.0. The van der Waals surface area contributed by atoms with Crippen molar-refractivity contribution in [3.05, 3.63) is 62.6 Å². The quantitative estimate of drug-likeness (QED) is 0.696. The van der Waals surface area contributed by atoms with Crippen LogP contribution in [0.4, 0.5) is 0 Å². The van der Waals surface area contributed by atoms with E-state index in [-0.39, 0.29) is 39.0 Å². The van der Waals surface area contributed by atoms with Crippen molar-refractivity contribution in [2.45, 2.75) is 6.54 Å². The number of nitrogens with zero attached hydrogens (tertiary/aromatic N) is 2. The summed E-state index contributed by atoms with van der Waals surface area (Å²) in [6.45, 7) is -0.329. The maximum absolute atomic E-state index is 12.5. The van der Waals surface area contributed by atoms with Crippen molar-refractivity contribution in [3.63, 3.8) is 0 Å². The van der Waals surface area contributed by atoms with E-state index in [0.717, 1.165) is 10.6 Å². The number of rotatable bonds is 3. The maximum atomic E-state index is 12.5. The van der Waals surface area contributed by atoms with Gasteiger partial charge in [-0.05, 0) is 24.3 Å². The number of hydrogen-bond donors (Lipinski definition) is 2. The van der Waals surface area contributed by atoms with Crippen LogP contribution in [0.25, 0.3) is 10.9 Å². The molecule has 0 fully saturated rings. The van der Waals surface area contributed by atoms with Crippen molar-refractivity contribution in [3.8, 4) is 11.5 Å². The van der Waals surface area contributed by atoms with Crippen LogP contribution in [0.15, 0.2) is 41.5 Å². The predicted octanol–water partition coefficient (Wildman–Crippen LogP) is 3.00. The Hall–Kier alpha value is -2.57. The first-order valence-corrected chi connectivity index (χ1v) is 7.52. The highest BCUT2D eigenvalue weighted by Gasteiger charge is 2.15. The Balaban J connectivity index is 2.03. The minimum Gasteiger partial charge on any atom is -0.508 e. The second-order valence-corrected chi connectivity index (χ2v) is 5.93. The number of phenols is 2. The number of hydrogen-bond acceptors (Lipinski definition) is 5. The molecular weight excluding hydrogens is 355 g/mol. The fourth-order valence-electron chi connectivity index (χ4n) is 2.30. The van der Waals surface area contributed by atoms with Crippen LogP contribution in [-0.4, -0.2) is 25.5 Å². The average molecular weight is 365 g/mol. The molecule has 2 N–H and O–H groups in total. The fourth-order valence-corrected chi connectivity index (χ4v) is 2.85. The van der Waals surface area contributed by atoms with Crippen molar-refractivity contribution in [1.29, 1.82) is 0 Å². The monoisotopic (exact) mass is 364 g/mol. The van der Waals surface area contributed by atoms with Gasteiger partial charge in [-0.3, -0.25) is 14.2 Å². The van der Waals surface area contributed by atoms with Gasteiger partial charge in [0.15, 0.2) is 5.78 Å². The van der Waals surface area contributed by atoms with E-state index < -0.39 is 11.3 Å². The molecule has 6 nitrogen and oxygen atoms in total. The van der Waals surface area contributed by atoms with Gasteiger partial charge in [-0.15, -0.1) is 0 Å². The summed E-state index contributed by atoms with van der Waals surface area (Å²) in [5.74, 6) is -1.05. The Bertz CT molecular complexity index is 1030. The van der Waals surface area contributed by atoms with E-state index in [9.17, 15) is 19.8 Å². The standard InChI is InChI=1S/C16H10Cl2N2O4/c17-8-3-11-15(12(18)4-8)19-7-20(16(11)24)6-14(23)10-2-1-9(21)5-13(10)22/h1-5,7,21-22H,6H2. The minimum atomic E-state index is -0.510. The zero-order chi connectivity index (χ0) is 17.4. The van der Waals surface area contributed by atoms with Gasteiger partial charge >= 0.3 is 0 Å². The predicted molar refractivity (Wildman–Crippen MR) is 90.1 cm³/mol. The van der Waals surface area contributed by atoms with Crippen molar-refractivity contribution < 1.29 is 15.0 Å². The van der Waals surface area contributed by atoms with Crippen molar-refractivity contribution in [2.24, 2.45) is 0 Å². The molecule has 1 heterocycles. The first-order valence-electron chi connectivity index (χ1n) is 6.76. The van der Waals surface area contributed by atoms with Gasteiger partial charge in [-0.1, -0.05) is 23.2 Å². The normalized spacial score (nSPS) is 10.9. The number of carbonyl (C=O) groups excluding carboxylic acids is 1. The molecule has 2 aromatic carbocycles. The third kappa shape index (κ3) is 2.93. The van der Waals surface area contributed by atoms with Gasteiger partial charge in [0.25, 0.3) is 5.56 Å². The van der Waals surface area contributed by atoms with Gasteiger partial charge in [-0.2, -0.15) is 0 Å². The van der Waals surface area contributed by atoms with Crippen LogP contribution in [-0.2, 0) is 6.54 Å². The van der Waals surface area contributed by atoms with E-state index in [2.05, 4.69) is 4.98 Å². The van der Waals surface area contributed by atoms with Gasteiger partial charge in [0, 0.05) is 11.1 Å². The van der Waals surface area contributed by atoms with E-state index in [1.165, 1.54) is 30.6 Å². The minimum absolute atomic E-state index is 0.0103. The van der Waals surface area contributed by atoms with E-state index in [0.29, 0.717) is 5.52 Å². The number of ketones is 1. The number of Topliss-reactive ketones (excluding diaryl/α,β-unsaturated/α-hetero) is 1. The Morgan fingerprint density at radius 2 is 1.92 bits per heavy atom. The third-order valence-corrected chi connectivity index (χ3v) is 3.95. The summed E-state index contributed by atoms with van der Waals surface area (Å²) in [5.41, 5.74) is -0.192. The Labute approximate surface area is 145 Å². The molecule has 0 atom stereocenters. The van der Waals surface area contributed by atoms with Gasteiger partial charge < -0.3 is 10.2 Å². The second-order valence-electron chi connectivity index (χ2n) is 5.09. The highest BCUT2D eigenvalue weighted by Crippen LogP contribution is 2.25. The lowest BCUT2D eigenvalue weighted by molar-refractivity contribution is 0.0968. The molecule has 122 valence electrons. The lowest BCUT2D eigenvalue weighted by Gasteiger charge is -2.08. The summed E-state index contributed by atoms with van der Waals surface area (Å²) in [4.78, 5) is 28.9. The lowest BCUT2D eigenvalue weighted by atomic mass is 10.1. The van der Waals surface area contributed by atoms with Crippen LogP contribution in [0.1, 0.15) is 10.4 Å². The average Bonchev–Trinajstić information content (AvgIpc) is 2.50. The van der Waals surface area contributed by atoms with E-state index >= 15 is 0 Å². The van der Waals surface area contributed by atoms with Crippen LogP contribution in [0.5, 0.6) is 11.5 Å². The van der Waals surface area contributed by atoms with Crippen LogP contribution in [0.2, 0.25) is 10.0 Å². The van der Waals surface area contributed by atoms with Gasteiger partial charge in [0.05, 0.1) is 34.4 Å². The Kier molecular flexibility index (Phi) is 4.17. The molecule has 3 aromatic rings. The molecule has 0 aliphatic heterocycles. The summed E-state index contributed by atoms with van der Waals surface area (Å²) in [6, 6.07) is 6.50. The molecule has 8 heteroatoms. The number of aromatic nitrogens is 2. The summed E-state index contributed by atoms with van der Waals surface area (Å²) >= 11 is 11.9. The van der Waals surface area contributed by atoms with Gasteiger partial charge in [0.1, 0.15) is 11.5 Å². The van der Waals surface area contributed by atoms with Crippen LogP contribution < -0.4 is 5.56 Å². The molecule has 1 aromatic heterocycles. The lowest BCUT2D eigenvalue weighted by Crippen LogP contribution is -2.24. The molecule has 0 bridgehead atoms. The maximum Gasteiger partial charge on any atom is 0.261 e. The van der Waals surface area contributed by atoms with Crippen LogP contribution >= 0.6 is 23.2 Å². The molecule has 0 spiro atoms.